The summed E-state index contributed by atoms with van der Waals surface area (Å²) in [7, 11) is 0. The van der Waals surface area contributed by atoms with Gasteiger partial charge < -0.3 is 5.11 Å². The highest BCUT2D eigenvalue weighted by atomic mass is 16.3. The van der Waals surface area contributed by atoms with E-state index in [2.05, 4.69) is 0 Å². The second-order valence-electron chi connectivity index (χ2n) is 4.56. The van der Waals surface area contributed by atoms with Crippen LogP contribution in [-0.4, -0.2) is 11.2 Å². The van der Waals surface area contributed by atoms with Crippen molar-refractivity contribution in [2.24, 2.45) is 17.3 Å². The number of rotatable bonds is 0. The first-order valence-electron chi connectivity index (χ1n) is 4.48. The smallest absolute Gasteiger partial charge is 0.0571 e. The van der Waals surface area contributed by atoms with Crippen molar-refractivity contribution in [2.45, 2.75) is 38.2 Å². The molecule has 10 heavy (non-hydrogen) atoms. The lowest BCUT2D eigenvalue weighted by Gasteiger charge is -2.23. The Kier molecular flexibility index (Phi) is 0.797. The maximum atomic E-state index is 9.48. The Morgan fingerprint density at radius 1 is 1.20 bits per heavy atom. The first-order chi connectivity index (χ1) is 4.80. The van der Waals surface area contributed by atoms with Gasteiger partial charge in [0.15, 0.2) is 0 Å². The van der Waals surface area contributed by atoms with Crippen LogP contribution in [0.3, 0.4) is 0 Å². The van der Waals surface area contributed by atoms with Crippen molar-refractivity contribution >= 4 is 0 Å². The van der Waals surface area contributed by atoms with Crippen LogP contribution in [0.15, 0.2) is 0 Å². The van der Waals surface area contributed by atoms with Crippen LogP contribution in [0.25, 0.3) is 0 Å². The summed E-state index contributed by atoms with van der Waals surface area (Å²) in [4.78, 5) is 0. The monoisotopic (exact) mass is 138 g/mol. The molecule has 0 amide bonds. The van der Waals surface area contributed by atoms with E-state index in [0.717, 1.165) is 17.8 Å². The Balaban J connectivity index is 1.90. The lowest BCUT2D eigenvalue weighted by molar-refractivity contribution is 0.0892. The fraction of sp³-hybridized carbons (Fsp3) is 1.00. The van der Waals surface area contributed by atoms with E-state index >= 15 is 0 Å². The average molecular weight is 138 g/mol. The van der Waals surface area contributed by atoms with Crippen LogP contribution in [0.5, 0.6) is 0 Å². The molecule has 1 heteroatoms. The molecule has 3 aliphatic rings. The van der Waals surface area contributed by atoms with Crippen LogP contribution < -0.4 is 0 Å². The van der Waals surface area contributed by atoms with Gasteiger partial charge in [-0.05, 0) is 49.4 Å². The van der Waals surface area contributed by atoms with Crippen LogP contribution >= 0.6 is 0 Å². The highest BCUT2D eigenvalue weighted by molar-refractivity contribution is 5.10. The Morgan fingerprint density at radius 2 is 2.00 bits per heavy atom. The first kappa shape index (κ1) is 5.59. The topological polar surface area (TPSA) is 20.2 Å². The summed E-state index contributed by atoms with van der Waals surface area (Å²) in [5.41, 5.74) is 0.782. The van der Waals surface area contributed by atoms with Crippen LogP contribution in [-0.2, 0) is 0 Å². The lowest BCUT2D eigenvalue weighted by atomic mass is 9.84. The van der Waals surface area contributed by atoms with Crippen LogP contribution in [0.4, 0.5) is 0 Å². The molecule has 0 radical (unpaired) electrons. The van der Waals surface area contributed by atoms with Crippen LogP contribution in [0.1, 0.15) is 32.1 Å². The van der Waals surface area contributed by atoms with Crippen molar-refractivity contribution in [3.05, 3.63) is 0 Å². The molecule has 0 aromatic carbocycles. The zero-order valence-electron chi connectivity index (χ0n) is 6.21. The molecule has 0 aromatic rings. The summed E-state index contributed by atoms with van der Waals surface area (Å²) in [6.07, 6.45) is 6.86. The average Bonchev–Trinajstić information content (AvgIpc) is 2.42. The summed E-state index contributed by atoms with van der Waals surface area (Å²) in [5, 5.41) is 9.48. The minimum atomic E-state index is 0.0798. The summed E-state index contributed by atoms with van der Waals surface area (Å²) >= 11 is 0. The van der Waals surface area contributed by atoms with Gasteiger partial charge in [0.05, 0.1) is 6.10 Å². The van der Waals surface area contributed by atoms with E-state index in [9.17, 15) is 5.11 Å². The number of fused-ring (bicyclic) bond motifs is 3. The Hall–Kier alpha value is -0.0400. The van der Waals surface area contributed by atoms with Gasteiger partial charge in [0.25, 0.3) is 0 Å². The Morgan fingerprint density at radius 3 is 2.40 bits per heavy atom. The predicted molar refractivity (Wildman–Crippen MR) is 38.5 cm³/mol. The zero-order valence-corrected chi connectivity index (χ0v) is 6.21. The molecule has 3 saturated carbocycles. The third kappa shape index (κ3) is 0.493. The normalized spacial score (nSPS) is 54.3. The van der Waals surface area contributed by atoms with Gasteiger partial charge in [-0.1, -0.05) is 0 Å². The van der Waals surface area contributed by atoms with E-state index in [1.165, 1.54) is 25.7 Å². The number of hydrogen-bond donors (Lipinski definition) is 1. The van der Waals surface area contributed by atoms with Crippen molar-refractivity contribution in [1.29, 1.82) is 0 Å². The zero-order chi connectivity index (χ0) is 6.77. The van der Waals surface area contributed by atoms with Crippen LogP contribution in [0, 0.1) is 17.3 Å². The maximum Gasteiger partial charge on any atom is 0.0571 e. The van der Waals surface area contributed by atoms with E-state index in [-0.39, 0.29) is 6.10 Å². The van der Waals surface area contributed by atoms with Crippen molar-refractivity contribution < 1.29 is 5.11 Å². The van der Waals surface area contributed by atoms with Crippen LogP contribution in [0.2, 0.25) is 0 Å². The molecule has 0 heterocycles. The summed E-state index contributed by atoms with van der Waals surface area (Å²) in [5.74, 6) is 1.62. The van der Waals surface area contributed by atoms with Crippen molar-refractivity contribution in [2.75, 3.05) is 0 Å². The largest absolute Gasteiger partial charge is 0.393 e. The molecule has 3 atom stereocenters. The lowest BCUT2D eigenvalue weighted by Crippen LogP contribution is -2.22. The van der Waals surface area contributed by atoms with Crippen molar-refractivity contribution in [3.63, 3.8) is 0 Å². The van der Waals surface area contributed by atoms with E-state index in [4.69, 9.17) is 0 Å². The minimum Gasteiger partial charge on any atom is -0.393 e. The second-order valence-corrected chi connectivity index (χ2v) is 4.56. The van der Waals surface area contributed by atoms with Crippen molar-refractivity contribution in [3.8, 4) is 0 Å². The van der Waals surface area contributed by atoms with Gasteiger partial charge in [-0.2, -0.15) is 0 Å². The standard InChI is InChI=1S/C9H14O/c10-8-4-7-3-6(8)5-9(7)1-2-9/h6-8,10H,1-5H2. The number of aliphatic hydroxyl groups excluding tert-OH is 1. The summed E-state index contributed by atoms with van der Waals surface area (Å²) in [6.45, 7) is 0. The molecule has 1 N–H and O–H groups in total. The quantitative estimate of drug-likeness (QED) is 0.538. The Bertz CT molecular complexity index is 170. The van der Waals surface area contributed by atoms with E-state index < -0.39 is 0 Å². The maximum absolute atomic E-state index is 9.48. The van der Waals surface area contributed by atoms with E-state index in [1.54, 1.807) is 0 Å². The predicted octanol–water partition coefficient (Wildman–Crippen LogP) is 1.56. The second kappa shape index (κ2) is 1.42. The van der Waals surface area contributed by atoms with Gasteiger partial charge in [0.1, 0.15) is 0 Å². The third-order valence-electron chi connectivity index (χ3n) is 4.08. The number of hydrogen-bond acceptors (Lipinski definition) is 1. The molecule has 0 saturated heterocycles. The van der Waals surface area contributed by atoms with E-state index in [1.807, 2.05) is 0 Å². The van der Waals surface area contributed by atoms with Gasteiger partial charge >= 0.3 is 0 Å². The highest BCUT2D eigenvalue weighted by Gasteiger charge is 2.60. The van der Waals surface area contributed by atoms with E-state index in [0.29, 0.717) is 5.92 Å². The van der Waals surface area contributed by atoms with Gasteiger partial charge in [0, 0.05) is 0 Å². The molecule has 3 rings (SSSR count). The van der Waals surface area contributed by atoms with Crippen molar-refractivity contribution in [1.82, 2.24) is 0 Å². The molecule has 56 valence electrons. The van der Waals surface area contributed by atoms with Gasteiger partial charge in [-0.3, -0.25) is 0 Å². The van der Waals surface area contributed by atoms with Gasteiger partial charge in [-0.15, -0.1) is 0 Å². The third-order valence-corrected chi connectivity index (χ3v) is 4.08. The molecule has 1 nitrogen and oxygen atoms in total. The van der Waals surface area contributed by atoms with Gasteiger partial charge in [-0.25, -0.2) is 0 Å². The fourth-order valence-corrected chi connectivity index (χ4v) is 3.28. The molecular formula is C9H14O. The minimum absolute atomic E-state index is 0.0798. The molecule has 3 fully saturated rings. The Labute approximate surface area is 61.4 Å². The SMILES string of the molecule is OC1CC2CC1CC21CC1. The molecule has 0 aliphatic heterocycles. The van der Waals surface area contributed by atoms with Gasteiger partial charge in [0.2, 0.25) is 0 Å². The number of aliphatic hydroxyl groups is 1. The summed E-state index contributed by atoms with van der Waals surface area (Å²) < 4.78 is 0. The molecule has 3 unspecified atom stereocenters. The fourth-order valence-electron chi connectivity index (χ4n) is 3.28. The molecular weight excluding hydrogens is 124 g/mol. The molecule has 3 aliphatic carbocycles. The summed E-state index contributed by atoms with van der Waals surface area (Å²) in [6, 6.07) is 0. The first-order valence-corrected chi connectivity index (χ1v) is 4.48. The molecule has 1 spiro atoms. The molecule has 0 aromatic heterocycles. The highest BCUT2D eigenvalue weighted by Crippen LogP contribution is 2.68. The molecule has 2 bridgehead atoms.